The minimum atomic E-state index is -0.722. The number of aliphatic hydroxyl groups excluding tert-OH is 1. The predicted molar refractivity (Wildman–Crippen MR) is 112 cm³/mol. The van der Waals surface area contributed by atoms with Crippen LogP contribution >= 0.6 is 11.3 Å². The van der Waals surface area contributed by atoms with Crippen LogP contribution in [0.1, 0.15) is 16.9 Å². The van der Waals surface area contributed by atoms with Gasteiger partial charge in [0.15, 0.2) is 0 Å². The first kappa shape index (κ1) is 19.7. The predicted octanol–water partition coefficient (Wildman–Crippen LogP) is 1.32. The molecule has 2 amide bonds. The zero-order valence-corrected chi connectivity index (χ0v) is 17.7. The van der Waals surface area contributed by atoms with Crippen molar-refractivity contribution >= 4 is 23.2 Å². The van der Waals surface area contributed by atoms with Gasteiger partial charge in [0.1, 0.15) is 11.3 Å². The number of likely N-dealkylation sites (tertiary alicyclic amines) is 1. The molecule has 158 valence electrons. The van der Waals surface area contributed by atoms with Crippen molar-refractivity contribution in [3.63, 3.8) is 0 Å². The number of hydrogen-bond donors (Lipinski definition) is 1. The number of β-amino-alcohol motifs (C(OH)–C–C–N with tert-alkyl or cyclic N) is 1. The number of thiophene rings is 1. The van der Waals surface area contributed by atoms with Crippen molar-refractivity contribution in [3.8, 4) is 5.75 Å². The number of rotatable bonds is 5. The third kappa shape index (κ3) is 3.15. The number of nitrogens with zero attached hydrogens (tertiary/aromatic N) is 3. The number of benzene rings is 1. The van der Waals surface area contributed by atoms with E-state index in [2.05, 4.69) is 16.3 Å². The van der Waals surface area contributed by atoms with Gasteiger partial charge in [0.2, 0.25) is 5.91 Å². The van der Waals surface area contributed by atoms with Gasteiger partial charge in [-0.2, -0.15) is 0 Å². The van der Waals surface area contributed by atoms with Gasteiger partial charge in [0.25, 0.3) is 5.91 Å². The van der Waals surface area contributed by atoms with Crippen molar-refractivity contribution in [2.75, 3.05) is 26.7 Å². The molecule has 0 bridgehead atoms. The summed E-state index contributed by atoms with van der Waals surface area (Å²) in [6.07, 6.45) is -0.186. The van der Waals surface area contributed by atoms with Crippen LogP contribution in [0.4, 0.5) is 0 Å². The van der Waals surface area contributed by atoms with E-state index in [0.29, 0.717) is 26.1 Å². The van der Waals surface area contributed by atoms with Gasteiger partial charge in [-0.1, -0.05) is 18.2 Å². The summed E-state index contributed by atoms with van der Waals surface area (Å²) in [7, 11) is 1.61. The lowest BCUT2D eigenvalue weighted by Gasteiger charge is -2.58. The standard InChI is InChI=1S/C22H25N3O4S/c1-29-17-6-4-15(5-7-17)10-24-20(27)19-9-16(26)11-25(19)22(21(24)28)13-23(14-22)12-18-3-2-8-30-18/h2-8,16,19,26H,9-14H2,1H3/t16-,19+/m1/s1. The van der Waals surface area contributed by atoms with E-state index in [1.54, 1.807) is 18.4 Å². The van der Waals surface area contributed by atoms with Crippen molar-refractivity contribution in [2.45, 2.75) is 37.2 Å². The van der Waals surface area contributed by atoms with E-state index in [1.807, 2.05) is 35.2 Å². The summed E-state index contributed by atoms with van der Waals surface area (Å²) in [5, 5.41) is 12.3. The Morgan fingerprint density at radius 3 is 2.60 bits per heavy atom. The van der Waals surface area contributed by atoms with Gasteiger partial charge in [0.05, 0.1) is 25.8 Å². The average Bonchev–Trinajstić information content (AvgIpc) is 3.37. The maximum atomic E-state index is 13.6. The summed E-state index contributed by atoms with van der Waals surface area (Å²) in [5.41, 5.74) is 0.161. The Balaban J connectivity index is 1.39. The Hall–Kier alpha value is -2.26. The first-order valence-electron chi connectivity index (χ1n) is 10.2. The molecule has 5 rings (SSSR count). The van der Waals surface area contributed by atoms with E-state index in [9.17, 15) is 14.7 Å². The van der Waals surface area contributed by atoms with Gasteiger partial charge in [-0.3, -0.25) is 24.3 Å². The highest BCUT2D eigenvalue weighted by molar-refractivity contribution is 7.09. The Morgan fingerprint density at radius 1 is 1.17 bits per heavy atom. The molecule has 1 N–H and O–H groups in total. The van der Waals surface area contributed by atoms with Crippen LogP contribution in [0.25, 0.3) is 0 Å². The highest BCUT2D eigenvalue weighted by atomic mass is 32.1. The van der Waals surface area contributed by atoms with E-state index in [-0.39, 0.29) is 18.4 Å². The summed E-state index contributed by atoms with van der Waals surface area (Å²) in [6.45, 7) is 2.60. The topological polar surface area (TPSA) is 73.3 Å². The fourth-order valence-electron chi connectivity index (χ4n) is 4.98. The molecule has 0 saturated carbocycles. The molecule has 0 aliphatic carbocycles. The molecule has 1 spiro atoms. The quantitative estimate of drug-likeness (QED) is 0.726. The molecule has 2 aromatic rings. The van der Waals surface area contributed by atoms with Gasteiger partial charge < -0.3 is 9.84 Å². The van der Waals surface area contributed by atoms with E-state index in [0.717, 1.165) is 17.9 Å². The van der Waals surface area contributed by atoms with Crippen LogP contribution < -0.4 is 4.74 Å². The highest BCUT2D eigenvalue weighted by Gasteiger charge is 2.64. The van der Waals surface area contributed by atoms with Crippen molar-refractivity contribution in [1.29, 1.82) is 0 Å². The van der Waals surface area contributed by atoms with Crippen LogP contribution in [0.5, 0.6) is 5.75 Å². The maximum Gasteiger partial charge on any atom is 0.252 e. The first-order chi connectivity index (χ1) is 14.5. The molecule has 3 aliphatic rings. The lowest BCUT2D eigenvalue weighted by molar-refractivity contribution is -0.181. The summed E-state index contributed by atoms with van der Waals surface area (Å²) in [6, 6.07) is 11.1. The zero-order valence-electron chi connectivity index (χ0n) is 16.9. The molecular weight excluding hydrogens is 402 g/mol. The third-order valence-corrected chi connectivity index (χ3v) is 7.31. The smallest absolute Gasteiger partial charge is 0.252 e. The number of amides is 2. The highest BCUT2D eigenvalue weighted by Crippen LogP contribution is 2.41. The van der Waals surface area contributed by atoms with Gasteiger partial charge >= 0.3 is 0 Å². The van der Waals surface area contributed by atoms with Crippen LogP contribution in [0.15, 0.2) is 41.8 Å². The molecule has 30 heavy (non-hydrogen) atoms. The van der Waals surface area contributed by atoms with Crippen LogP contribution in [0.3, 0.4) is 0 Å². The molecule has 8 heteroatoms. The summed E-state index contributed by atoms with van der Waals surface area (Å²) in [4.78, 5) is 33.7. The number of ether oxygens (including phenoxy) is 1. The summed E-state index contributed by atoms with van der Waals surface area (Å²) >= 11 is 1.71. The molecule has 4 heterocycles. The van der Waals surface area contributed by atoms with Crippen LogP contribution in [0, 0.1) is 0 Å². The molecule has 3 fully saturated rings. The zero-order chi connectivity index (χ0) is 20.9. The monoisotopic (exact) mass is 427 g/mol. The Kier molecular flexibility index (Phi) is 4.89. The SMILES string of the molecule is COc1ccc(CN2C(=O)[C@@H]3C[C@@H](O)CN3C3(CN(Cc4cccs4)C3)C2=O)cc1. The van der Waals surface area contributed by atoms with Crippen LogP contribution in [-0.2, 0) is 22.7 Å². The van der Waals surface area contributed by atoms with E-state index >= 15 is 0 Å². The lowest BCUT2D eigenvalue weighted by Crippen LogP contribution is -2.81. The molecule has 7 nitrogen and oxygen atoms in total. The van der Waals surface area contributed by atoms with Crippen molar-refractivity contribution in [2.24, 2.45) is 0 Å². The van der Waals surface area contributed by atoms with Gasteiger partial charge in [-0.05, 0) is 35.6 Å². The average molecular weight is 428 g/mol. The minimum Gasteiger partial charge on any atom is -0.497 e. The second kappa shape index (κ2) is 7.46. The molecule has 0 unspecified atom stereocenters. The van der Waals surface area contributed by atoms with Crippen molar-refractivity contribution in [1.82, 2.24) is 14.7 Å². The molecule has 0 radical (unpaired) electrons. The summed E-state index contributed by atoms with van der Waals surface area (Å²) < 4.78 is 5.20. The Labute approximate surface area is 179 Å². The number of imide groups is 1. The van der Waals surface area contributed by atoms with Gasteiger partial charge in [-0.25, -0.2) is 0 Å². The number of aliphatic hydroxyl groups is 1. The minimum absolute atomic E-state index is 0.143. The van der Waals surface area contributed by atoms with E-state index < -0.39 is 17.7 Å². The maximum absolute atomic E-state index is 13.6. The number of piperazine rings is 1. The van der Waals surface area contributed by atoms with Gasteiger partial charge in [0, 0.05) is 31.1 Å². The normalized spacial score (nSPS) is 26.1. The second-order valence-electron chi connectivity index (χ2n) is 8.39. The lowest BCUT2D eigenvalue weighted by atomic mass is 9.82. The number of hydrogen-bond acceptors (Lipinski definition) is 7. The molecule has 3 aliphatic heterocycles. The fourth-order valence-corrected chi connectivity index (χ4v) is 5.73. The van der Waals surface area contributed by atoms with Gasteiger partial charge in [-0.15, -0.1) is 11.3 Å². The van der Waals surface area contributed by atoms with Crippen molar-refractivity contribution in [3.05, 3.63) is 52.2 Å². The Bertz CT molecular complexity index is 940. The number of fused-ring (bicyclic) bond motifs is 2. The van der Waals surface area contributed by atoms with Crippen molar-refractivity contribution < 1.29 is 19.4 Å². The molecular formula is C22H25N3O4S. The van der Waals surface area contributed by atoms with Crippen LogP contribution in [-0.4, -0.2) is 76.0 Å². The Morgan fingerprint density at radius 2 is 1.93 bits per heavy atom. The molecule has 3 saturated heterocycles. The fraction of sp³-hybridized carbons (Fsp3) is 0.455. The summed E-state index contributed by atoms with van der Waals surface area (Å²) in [5.74, 6) is 0.394. The number of carbonyl (C=O) groups is 2. The van der Waals surface area contributed by atoms with E-state index in [1.165, 1.54) is 9.78 Å². The molecule has 1 aromatic carbocycles. The molecule has 1 aromatic heterocycles. The first-order valence-corrected chi connectivity index (χ1v) is 11.1. The third-order valence-electron chi connectivity index (χ3n) is 6.45. The second-order valence-corrected chi connectivity index (χ2v) is 9.42. The molecule has 2 atom stereocenters. The van der Waals surface area contributed by atoms with Crippen LogP contribution in [0.2, 0.25) is 0 Å². The number of methoxy groups -OCH3 is 1. The largest absolute Gasteiger partial charge is 0.497 e. The number of carbonyl (C=O) groups excluding carboxylic acids is 2. The van der Waals surface area contributed by atoms with E-state index in [4.69, 9.17) is 4.74 Å².